The summed E-state index contributed by atoms with van der Waals surface area (Å²) in [6.45, 7) is 4.34. The molecule has 1 N–H and O–H groups in total. The van der Waals surface area contributed by atoms with Gasteiger partial charge in [0.05, 0.1) is 4.21 Å². The fourth-order valence-electron chi connectivity index (χ4n) is 1.84. The lowest BCUT2D eigenvalue weighted by atomic mass is 10.0. The summed E-state index contributed by atoms with van der Waals surface area (Å²) < 4.78 is 1.39. The Bertz CT molecular complexity index is 491. The van der Waals surface area contributed by atoms with Crippen LogP contribution in [-0.4, -0.2) is 12.8 Å². The third kappa shape index (κ3) is 3.37. The Labute approximate surface area is 118 Å². The van der Waals surface area contributed by atoms with E-state index in [2.05, 4.69) is 54.9 Å². The topological polar surface area (TPSA) is 12.0 Å². The van der Waals surface area contributed by atoms with Crippen molar-refractivity contribution in [1.82, 2.24) is 5.32 Å². The van der Waals surface area contributed by atoms with Gasteiger partial charge in [0.25, 0.3) is 0 Å². The van der Waals surface area contributed by atoms with E-state index in [1.807, 2.05) is 30.1 Å². The molecule has 0 saturated heterocycles. The van der Waals surface area contributed by atoms with Crippen LogP contribution in [0.5, 0.6) is 0 Å². The molecule has 1 heterocycles. The van der Waals surface area contributed by atoms with Gasteiger partial charge in [0, 0.05) is 11.8 Å². The summed E-state index contributed by atoms with van der Waals surface area (Å²) >= 11 is 3.73. The largest absolute Gasteiger partial charge is 0.312 e. The minimum absolute atomic E-state index is 0.413. The molecule has 3 heteroatoms. The highest BCUT2D eigenvalue weighted by Gasteiger charge is 2.10. The Morgan fingerprint density at radius 2 is 2.06 bits per heavy atom. The van der Waals surface area contributed by atoms with Gasteiger partial charge in [-0.05, 0) is 49.0 Å². The van der Waals surface area contributed by atoms with Crippen LogP contribution < -0.4 is 5.32 Å². The van der Waals surface area contributed by atoms with Crippen LogP contribution in [0.2, 0.25) is 0 Å². The van der Waals surface area contributed by atoms with Crippen LogP contribution in [0.25, 0.3) is 0 Å². The quantitative estimate of drug-likeness (QED) is 0.812. The number of rotatable bonds is 5. The highest BCUT2D eigenvalue weighted by Crippen LogP contribution is 2.28. The molecule has 0 aliphatic rings. The summed E-state index contributed by atoms with van der Waals surface area (Å²) in [5.74, 6) is 1.07. The van der Waals surface area contributed by atoms with E-state index in [9.17, 15) is 0 Å². The average molecular weight is 277 g/mol. The molecular formula is C15H19NS2. The predicted octanol–water partition coefficient (Wildman–Crippen LogP) is 4.42. The van der Waals surface area contributed by atoms with E-state index in [1.165, 1.54) is 20.9 Å². The Kier molecular flexibility index (Phi) is 4.87. The van der Waals surface area contributed by atoms with E-state index in [-0.39, 0.29) is 0 Å². The Hall–Kier alpha value is -0.770. The molecule has 1 atom stereocenters. The minimum atomic E-state index is 0.413. The zero-order valence-corrected chi connectivity index (χ0v) is 12.7. The zero-order chi connectivity index (χ0) is 13.0. The molecule has 1 aromatic heterocycles. The minimum Gasteiger partial charge on any atom is -0.312 e. The van der Waals surface area contributed by atoms with Crippen molar-refractivity contribution >= 4 is 23.1 Å². The zero-order valence-electron chi connectivity index (χ0n) is 11.1. The molecule has 18 heavy (non-hydrogen) atoms. The van der Waals surface area contributed by atoms with Crippen LogP contribution >= 0.6 is 23.1 Å². The van der Waals surface area contributed by atoms with Crippen LogP contribution in [-0.2, 0) is 0 Å². The second kappa shape index (κ2) is 6.41. The lowest BCUT2D eigenvalue weighted by Crippen LogP contribution is -2.18. The van der Waals surface area contributed by atoms with E-state index >= 15 is 0 Å². The highest BCUT2D eigenvalue weighted by atomic mass is 32.2. The molecule has 2 aromatic rings. The number of hydrogen-bond acceptors (Lipinski definition) is 3. The molecule has 1 aromatic carbocycles. The molecule has 0 aliphatic heterocycles. The number of nitrogens with one attached hydrogen (secondary N) is 1. The Morgan fingerprint density at radius 1 is 1.22 bits per heavy atom. The van der Waals surface area contributed by atoms with Gasteiger partial charge in [-0.25, -0.2) is 0 Å². The second-order valence-corrected chi connectivity index (χ2v) is 6.70. The Balaban J connectivity index is 2.05. The van der Waals surface area contributed by atoms with Crippen molar-refractivity contribution in [2.45, 2.75) is 24.1 Å². The molecule has 96 valence electrons. The predicted molar refractivity (Wildman–Crippen MR) is 82.8 cm³/mol. The molecule has 2 rings (SSSR count). The third-order valence-electron chi connectivity index (χ3n) is 3.17. The summed E-state index contributed by atoms with van der Waals surface area (Å²) in [5, 5.41) is 5.54. The SMILES string of the molecule is CNC(CSc1cccs1)c1ccc(C)c(C)c1. The number of benzene rings is 1. The van der Waals surface area contributed by atoms with Gasteiger partial charge >= 0.3 is 0 Å². The number of thioether (sulfide) groups is 1. The van der Waals surface area contributed by atoms with Crippen LogP contribution in [0.1, 0.15) is 22.7 Å². The number of hydrogen-bond donors (Lipinski definition) is 1. The number of thiophene rings is 1. The maximum Gasteiger partial charge on any atom is 0.0599 e. The van der Waals surface area contributed by atoms with Crippen molar-refractivity contribution in [3.63, 3.8) is 0 Å². The van der Waals surface area contributed by atoms with Crippen molar-refractivity contribution in [3.05, 3.63) is 52.4 Å². The fourth-order valence-corrected chi connectivity index (χ4v) is 3.79. The molecule has 0 saturated carbocycles. The molecule has 0 amide bonds. The molecule has 0 spiro atoms. The molecule has 0 radical (unpaired) electrons. The maximum absolute atomic E-state index is 3.41. The van der Waals surface area contributed by atoms with Crippen molar-refractivity contribution in [3.8, 4) is 0 Å². The normalized spacial score (nSPS) is 12.6. The van der Waals surface area contributed by atoms with E-state index in [0.717, 1.165) is 5.75 Å². The summed E-state index contributed by atoms with van der Waals surface area (Å²) in [6, 6.07) is 11.4. The first kappa shape index (κ1) is 13.7. The van der Waals surface area contributed by atoms with Gasteiger partial charge in [-0.2, -0.15) is 0 Å². The monoisotopic (exact) mass is 277 g/mol. The van der Waals surface area contributed by atoms with E-state index in [4.69, 9.17) is 0 Å². The Morgan fingerprint density at radius 3 is 2.67 bits per heavy atom. The van der Waals surface area contributed by atoms with Gasteiger partial charge in [-0.1, -0.05) is 24.3 Å². The van der Waals surface area contributed by atoms with Crippen LogP contribution in [0.3, 0.4) is 0 Å². The molecular weight excluding hydrogens is 258 g/mol. The van der Waals surface area contributed by atoms with Gasteiger partial charge < -0.3 is 5.32 Å². The van der Waals surface area contributed by atoms with Crippen molar-refractivity contribution in [2.24, 2.45) is 0 Å². The first-order valence-electron chi connectivity index (χ1n) is 6.11. The van der Waals surface area contributed by atoms with Crippen LogP contribution in [0, 0.1) is 13.8 Å². The van der Waals surface area contributed by atoms with Gasteiger partial charge in [0.2, 0.25) is 0 Å². The lowest BCUT2D eigenvalue weighted by molar-refractivity contribution is 0.661. The van der Waals surface area contributed by atoms with Gasteiger partial charge in [-0.3, -0.25) is 0 Å². The van der Waals surface area contributed by atoms with Crippen molar-refractivity contribution < 1.29 is 0 Å². The molecule has 0 bridgehead atoms. The molecule has 0 fully saturated rings. The second-order valence-electron chi connectivity index (χ2n) is 4.43. The highest BCUT2D eigenvalue weighted by molar-refractivity contribution is 8.01. The summed E-state index contributed by atoms with van der Waals surface area (Å²) in [7, 11) is 2.04. The van der Waals surface area contributed by atoms with E-state index in [0.29, 0.717) is 6.04 Å². The van der Waals surface area contributed by atoms with E-state index < -0.39 is 0 Å². The molecule has 1 unspecified atom stereocenters. The molecule has 0 aliphatic carbocycles. The third-order valence-corrected chi connectivity index (χ3v) is 5.39. The number of aryl methyl sites for hydroxylation is 2. The van der Waals surface area contributed by atoms with Gasteiger partial charge in [0.15, 0.2) is 0 Å². The van der Waals surface area contributed by atoms with Crippen molar-refractivity contribution in [2.75, 3.05) is 12.8 Å². The molecule has 1 nitrogen and oxygen atoms in total. The van der Waals surface area contributed by atoms with Gasteiger partial charge in [-0.15, -0.1) is 23.1 Å². The standard InChI is InChI=1S/C15H19NS2/c1-11-6-7-13(9-12(11)2)14(16-3)10-18-15-5-4-8-17-15/h4-9,14,16H,10H2,1-3H3. The van der Waals surface area contributed by atoms with Crippen LogP contribution in [0.15, 0.2) is 39.9 Å². The first-order chi connectivity index (χ1) is 8.70. The lowest BCUT2D eigenvalue weighted by Gasteiger charge is -2.17. The van der Waals surface area contributed by atoms with E-state index in [1.54, 1.807) is 0 Å². The smallest absolute Gasteiger partial charge is 0.0599 e. The van der Waals surface area contributed by atoms with Crippen molar-refractivity contribution in [1.29, 1.82) is 0 Å². The maximum atomic E-state index is 3.41. The summed E-state index contributed by atoms with van der Waals surface area (Å²) in [5.41, 5.74) is 4.11. The van der Waals surface area contributed by atoms with Crippen LogP contribution in [0.4, 0.5) is 0 Å². The van der Waals surface area contributed by atoms with Gasteiger partial charge in [0.1, 0.15) is 0 Å². The first-order valence-corrected chi connectivity index (χ1v) is 7.98. The summed E-state index contributed by atoms with van der Waals surface area (Å²) in [4.78, 5) is 0. The fraction of sp³-hybridized carbons (Fsp3) is 0.333. The average Bonchev–Trinajstić information content (AvgIpc) is 2.87. The summed E-state index contributed by atoms with van der Waals surface area (Å²) in [6.07, 6.45) is 0.